The van der Waals surface area contributed by atoms with Crippen LogP contribution in [0.3, 0.4) is 0 Å². The lowest BCUT2D eigenvalue weighted by Gasteiger charge is -2.15. The Hall–Kier alpha value is -1.88. The van der Waals surface area contributed by atoms with Gasteiger partial charge in [-0.05, 0) is 37.1 Å². The summed E-state index contributed by atoms with van der Waals surface area (Å²) in [4.78, 5) is 22.7. The molecule has 0 aromatic heterocycles. The molecule has 5 nitrogen and oxygen atoms in total. The number of ether oxygens (including phenoxy) is 1. The highest BCUT2D eigenvalue weighted by Crippen LogP contribution is 2.19. The third kappa shape index (κ3) is 5.15. The van der Waals surface area contributed by atoms with Crippen molar-refractivity contribution >= 4 is 11.9 Å². The summed E-state index contributed by atoms with van der Waals surface area (Å²) < 4.78 is 5.81. The van der Waals surface area contributed by atoms with E-state index < -0.39 is 5.97 Å². The lowest BCUT2D eigenvalue weighted by Crippen LogP contribution is -2.28. The molecule has 0 radical (unpaired) electrons. The number of carboxylic acids is 1. The van der Waals surface area contributed by atoms with Crippen LogP contribution in [0.2, 0.25) is 0 Å². The third-order valence-corrected chi connectivity index (χ3v) is 3.94. The smallest absolute Gasteiger partial charge is 0.335 e. The highest BCUT2D eigenvalue weighted by molar-refractivity contribution is 5.95. The predicted molar refractivity (Wildman–Crippen MR) is 83.2 cm³/mol. The Balaban J connectivity index is 1.69. The van der Waals surface area contributed by atoms with E-state index in [1.165, 1.54) is 49.9 Å². The average Bonchev–Trinajstić information content (AvgIpc) is 2.80. The summed E-state index contributed by atoms with van der Waals surface area (Å²) in [6.45, 7) is 0.986. The van der Waals surface area contributed by atoms with Crippen LogP contribution in [0.1, 0.15) is 59.2 Å². The Morgan fingerprint density at radius 1 is 1.05 bits per heavy atom. The first-order chi connectivity index (χ1) is 10.7. The van der Waals surface area contributed by atoms with E-state index in [1.54, 1.807) is 0 Å². The molecule has 2 N–H and O–H groups in total. The lowest BCUT2D eigenvalue weighted by atomic mass is 10.1. The van der Waals surface area contributed by atoms with Gasteiger partial charge < -0.3 is 15.2 Å². The van der Waals surface area contributed by atoms with Crippen LogP contribution in [0.25, 0.3) is 0 Å². The number of carbonyl (C=O) groups excluding carboxylic acids is 1. The van der Waals surface area contributed by atoms with Crippen molar-refractivity contribution in [1.82, 2.24) is 5.32 Å². The molecule has 1 fully saturated rings. The summed E-state index contributed by atoms with van der Waals surface area (Å²) >= 11 is 0. The van der Waals surface area contributed by atoms with Crippen LogP contribution < -0.4 is 5.32 Å². The first-order valence-corrected chi connectivity index (χ1v) is 7.90. The van der Waals surface area contributed by atoms with Gasteiger partial charge in [0.2, 0.25) is 0 Å². The average molecular weight is 305 g/mol. The molecule has 120 valence electrons. The number of aromatic carboxylic acids is 1. The summed E-state index contributed by atoms with van der Waals surface area (Å²) in [5.41, 5.74) is 0.632. The molecule has 0 atom stereocenters. The fourth-order valence-electron chi connectivity index (χ4n) is 2.66. The summed E-state index contributed by atoms with van der Waals surface area (Å²) in [6.07, 6.45) is 7.61. The first-order valence-electron chi connectivity index (χ1n) is 7.90. The third-order valence-electron chi connectivity index (χ3n) is 3.94. The van der Waals surface area contributed by atoms with Gasteiger partial charge in [0, 0.05) is 12.1 Å². The van der Waals surface area contributed by atoms with Gasteiger partial charge >= 0.3 is 5.97 Å². The Morgan fingerprint density at radius 3 is 2.23 bits per heavy atom. The zero-order chi connectivity index (χ0) is 15.8. The highest BCUT2D eigenvalue weighted by atomic mass is 16.5. The van der Waals surface area contributed by atoms with Crippen molar-refractivity contribution in [1.29, 1.82) is 0 Å². The van der Waals surface area contributed by atoms with E-state index in [0.29, 0.717) is 24.8 Å². The van der Waals surface area contributed by atoms with Crippen LogP contribution in [-0.4, -0.2) is 36.2 Å². The predicted octanol–water partition coefficient (Wildman–Crippen LogP) is 2.85. The molecule has 22 heavy (non-hydrogen) atoms. The summed E-state index contributed by atoms with van der Waals surface area (Å²) in [5.74, 6) is -1.20. The van der Waals surface area contributed by atoms with E-state index in [9.17, 15) is 9.59 Å². The van der Waals surface area contributed by atoms with Gasteiger partial charge in [0.05, 0.1) is 18.3 Å². The van der Waals surface area contributed by atoms with Crippen molar-refractivity contribution in [3.8, 4) is 0 Å². The van der Waals surface area contributed by atoms with Crippen LogP contribution in [0, 0.1) is 0 Å². The molecule has 1 aliphatic carbocycles. The topological polar surface area (TPSA) is 75.6 Å². The summed E-state index contributed by atoms with van der Waals surface area (Å²) in [6, 6.07) is 5.90. The SMILES string of the molecule is O=C(O)c1ccc(C(=O)NCCOC2CCCCCC2)cc1. The van der Waals surface area contributed by atoms with Crippen molar-refractivity contribution in [3.05, 3.63) is 35.4 Å². The number of nitrogens with one attached hydrogen (secondary N) is 1. The van der Waals surface area contributed by atoms with Gasteiger partial charge in [0.25, 0.3) is 5.91 Å². The van der Waals surface area contributed by atoms with Gasteiger partial charge in [0.15, 0.2) is 0 Å². The monoisotopic (exact) mass is 305 g/mol. The molecule has 0 bridgehead atoms. The molecule has 5 heteroatoms. The Labute approximate surface area is 130 Å². The van der Waals surface area contributed by atoms with E-state index in [0.717, 1.165) is 12.8 Å². The Bertz CT molecular complexity index is 490. The van der Waals surface area contributed by atoms with Gasteiger partial charge in [-0.25, -0.2) is 4.79 Å². The number of carbonyl (C=O) groups is 2. The molecular weight excluding hydrogens is 282 g/mol. The minimum absolute atomic E-state index is 0.174. The van der Waals surface area contributed by atoms with E-state index in [2.05, 4.69) is 5.32 Å². The number of hydrogen-bond acceptors (Lipinski definition) is 3. The second-order valence-electron chi connectivity index (χ2n) is 5.62. The van der Waals surface area contributed by atoms with Crippen molar-refractivity contribution in [2.45, 2.75) is 44.6 Å². The number of amides is 1. The van der Waals surface area contributed by atoms with E-state index >= 15 is 0 Å². The Morgan fingerprint density at radius 2 is 1.64 bits per heavy atom. The van der Waals surface area contributed by atoms with Crippen LogP contribution in [0.5, 0.6) is 0 Å². The summed E-state index contributed by atoms with van der Waals surface area (Å²) in [5, 5.41) is 11.6. The van der Waals surface area contributed by atoms with Crippen molar-refractivity contribution in [2.75, 3.05) is 13.2 Å². The van der Waals surface area contributed by atoms with Gasteiger partial charge in [-0.3, -0.25) is 4.79 Å². The molecule has 1 amide bonds. The van der Waals surface area contributed by atoms with Crippen LogP contribution in [0.4, 0.5) is 0 Å². The molecule has 1 aliphatic rings. The molecule has 0 saturated heterocycles. The van der Waals surface area contributed by atoms with Crippen molar-refractivity contribution < 1.29 is 19.4 Å². The number of benzene rings is 1. The van der Waals surface area contributed by atoms with Gasteiger partial charge in [-0.15, -0.1) is 0 Å². The maximum Gasteiger partial charge on any atom is 0.335 e. The van der Waals surface area contributed by atoms with Crippen molar-refractivity contribution in [3.63, 3.8) is 0 Å². The normalized spacial score (nSPS) is 16.0. The van der Waals surface area contributed by atoms with Crippen molar-refractivity contribution in [2.24, 2.45) is 0 Å². The lowest BCUT2D eigenvalue weighted by molar-refractivity contribution is 0.0442. The van der Waals surface area contributed by atoms with Gasteiger partial charge in [-0.2, -0.15) is 0 Å². The molecule has 1 aromatic carbocycles. The minimum Gasteiger partial charge on any atom is -0.478 e. The second kappa shape index (κ2) is 8.54. The maximum atomic E-state index is 11.9. The molecule has 1 saturated carbocycles. The summed E-state index contributed by atoms with van der Waals surface area (Å²) in [7, 11) is 0. The largest absolute Gasteiger partial charge is 0.478 e. The zero-order valence-electron chi connectivity index (χ0n) is 12.7. The standard InChI is InChI=1S/C17H23NO4/c19-16(13-7-9-14(10-8-13)17(20)21)18-11-12-22-15-5-3-1-2-4-6-15/h7-10,15H,1-6,11-12H2,(H,18,19)(H,20,21). The zero-order valence-corrected chi connectivity index (χ0v) is 12.7. The van der Waals surface area contributed by atoms with E-state index in [4.69, 9.17) is 9.84 Å². The molecule has 0 spiro atoms. The Kier molecular flexibility index (Phi) is 6.40. The highest BCUT2D eigenvalue weighted by Gasteiger charge is 2.12. The first kappa shape index (κ1) is 16.5. The second-order valence-corrected chi connectivity index (χ2v) is 5.62. The molecule has 0 unspecified atom stereocenters. The fourth-order valence-corrected chi connectivity index (χ4v) is 2.66. The molecule has 1 aromatic rings. The number of hydrogen-bond donors (Lipinski definition) is 2. The molecule has 0 heterocycles. The quantitative estimate of drug-likeness (QED) is 0.626. The molecule has 2 rings (SSSR count). The fraction of sp³-hybridized carbons (Fsp3) is 0.529. The number of carboxylic acid groups (broad SMARTS) is 1. The van der Waals surface area contributed by atoms with Crippen LogP contribution in [0.15, 0.2) is 24.3 Å². The van der Waals surface area contributed by atoms with E-state index in [-0.39, 0.29) is 11.5 Å². The van der Waals surface area contributed by atoms with Gasteiger partial charge in [0.1, 0.15) is 0 Å². The molecular formula is C17H23NO4. The molecule has 0 aliphatic heterocycles. The van der Waals surface area contributed by atoms with E-state index in [1.807, 2.05) is 0 Å². The van der Waals surface area contributed by atoms with Crippen LogP contribution >= 0.6 is 0 Å². The van der Waals surface area contributed by atoms with Crippen LogP contribution in [-0.2, 0) is 4.74 Å². The van der Waals surface area contributed by atoms with Gasteiger partial charge in [-0.1, -0.05) is 25.7 Å². The minimum atomic E-state index is -0.997. The number of rotatable bonds is 6. The maximum absolute atomic E-state index is 11.9.